The fraction of sp³-hybridized carbons (Fsp3) is 0.364. The van der Waals surface area contributed by atoms with Crippen molar-refractivity contribution < 1.29 is 0 Å². The topological polar surface area (TPSA) is 50.4 Å². The number of hydrogen-bond acceptors (Lipinski definition) is 1. The minimum atomic E-state index is 0.363. The average Bonchev–Trinajstić information content (AvgIpc) is 3.04. The van der Waals surface area contributed by atoms with Gasteiger partial charge < -0.3 is 11.1 Å². The van der Waals surface area contributed by atoms with Gasteiger partial charge in [-0.2, -0.15) is 0 Å². The van der Waals surface area contributed by atoms with Gasteiger partial charge in [0.1, 0.15) is 0 Å². The van der Waals surface area contributed by atoms with Crippen molar-refractivity contribution in [2.24, 2.45) is 16.6 Å². The zero-order valence-corrected chi connectivity index (χ0v) is 10.2. The molecule has 0 aliphatic heterocycles. The van der Waals surface area contributed by atoms with E-state index in [9.17, 15) is 0 Å². The zero-order chi connectivity index (χ0) is 11.5. The van der Waals surface area contributed by atoms with Crippen LogP contribution in [0.25, 0.3) is 0 Å². The quantitative estimate of drug-likeness (QED) is 0.646. The highest BCUT2D eigenvalue weighted by Gasteiger charge is 2.20. The molecule has 1 fully saturated rings. The third-order valence-electron chi connectivity index (χ3n) is 2.43. The summed E-state index contributed by atoms with van der Waals surface area (Å²) in [6.45, 7) is 0.779. The number of nitrogens with one attached hydrogen (secondary N) is 1. The molecule has 0 amide bonds. The molecule has 1 aliphatic carbocycles. The zero-order valence-electron chi connectivity index (χ0n) is 8.71. The van der Waals surface area contributed by atoms with Crippen molar-refractivity contribution in [3.8, 4) is 0 Å². The molecule has 2 rings (SSSR count). The van der Waals surface area contributed by atoms with Crippen LogP contribution in [0.15, 0.2) is 23.2 Å². The molecule has 1 aliphatic rings. The summed E-state index contributed by atoms with van der Waals surface area (Å²) in [6.07, 6.45) is 2.51. The van der Waals surface area contributed by atoms with Crippen LogP contribution >= 0.6 is 23.2 Å². The maximum atomic E-state index is 5.99. The molecule has 0 spiro atoms. The first kappa shape index (κ1) is 11.6. The first-order chi connectivity index (χ1) is 7.66. The number of anilines is 1. The molecule has 16 heavy (non-hydrogen) atoms. The standard InChI is InChI=1S/C11H13Cl2N3/c12-8-2-1-3-9(13)10(8)16-11(14)15-6-7-4-5-7/h1-3,7H,4-6H2,(H3,14,15,16). The van der Waals surface area contributed by atoms with Gasteiger partial charge in [-0.05, 0) is 30.9 Å². The van der Waals surface area contributed by atoms with Gasteiger partial charge in [0.15, 0.2) is 5.96 Å². The molecule has 0 aromatic heterocycles. The molecule has 0 saturated heterocycles. The van der Waals surface area contributed by atoms with Gasteiger partial charge >= 0.3 is 0 Å². The minimum Gasteiger partial charge on any atom is -0.370 e. The summed E-state index contributed by atoms with van der Waals surface area (Å²) in [6, 6.07) is 5.29. The highest BCUT2D eigenvalue weighted by atomic mass is 35.5. The lowest BCUT2D eigenvalue weighted by atomic mass is 10.3. The molecule has 3 nitrogen and oxygen atoms in total. The van der Waals surface area contributed by atoms with E-state index < -0.39 is 0 Å². The lowest BCUT2D eigenvalue weighted by Crippen LogP contribution is -2.23. The van der Waals surface area contributed by atoms with Gasteiger partial charge in [0.2, 0.25) is 0 Å². The van der Waals surface area contributed by atoms with Crippen LogP contribution < -0.4 is 11.1 Å². The molecule has 1 aromatic carbocycles. The molecular weight excluding hydrogens is 245 g/mol. The number of guanidine groups is 1. The smallest absolute Gasteiger partial charge is 0.193 e. The van der Waals surface area contributed by atoms with Crippen LogP contribution in [0.4, 0.5) is 5.69 Å². The second-order valence-corrected chi connectivity index (χ2v) is 4.71. The van der Waals surface area contributed by atoms with E-state index in [4.69, 9.17) is 28.9 Å². The molecule has 0 bridgehead atoms. The van der Waals surface area contributed by atoms with Gasteiger partial charge in [0, 0.05) is 6.54 Å². The fourth-order valence-corrected chi connectivity index (χ4v) is 1.80. The number of aliphatic imine (C=N–C) groups is 1. The van der Waals surface area contributed by atoms with Crippen molar-refractivity contribution in [3.63, 3.8) is 0 Å². The molecule has 0 unspecified atom stereocenters. The van der Waals surface area contributed by atoms with Crippen LogP contribution in [0, 0.1) is 5.92 Å². The summed E-state index contributed by atoms with van der Waals surface area (Å²) in [4.78, 5) is 4.23. The highest BCUT2D eigenvalue weighted by Crippen LogP contribution is 2.30. The Bertz CT molecular complexity index is 393. The van der Waals surface area contributed by atoms with Crippen LogP contribution in [-0.2, 0) is 0 Å². The second-order valence-electron chi connectivity index (χ2n) is 3.89. The SMILES string of the molecule is NC(=NCC1CC1)Nc1c(Cl)cccc1Cl. The lowest BCUT2D eigenvalue weighted by molar-refractivity contribution is 0.846. The van der Waals surface area contributed by atoms with E-state index in [1.165, 1.54) is 12.8 Å². The first-order valence-electron chi connectivity index (χ1n) is 5.18. The third kappa shape index (κ3) is 3.03. The molecule has 5 heteroatoms. The third-order valence-corrected chi connectivity index (χ3v) is 3.06. The summed E-state index contributed by atoms with van der Waals surface area (Å²) < 4.78 is 0. The van der Waals surface area contributed by atoms with Crippen molar-refractivity contribution in [2.45, 2.75) is 12.8 Å². The summed E-state index contributed by atoms with van der Waals surface area (Å²) in [5.74, 6) is 1.07. The molecule has 3 N–H and O–H groups in total. The Labute approximate surface area is 105 Å². The Morgan fingerprint density at radius 1 is 1.38 bits per heavy atom. The molecular formula is C11H13Cl2N3. The number of para-hydroxylation sites is 1. The predicted molar refractivity (Wildman–Crippen MR) is 69.3 cm³/mol. The van der Waals surface area contributed by atoms with Crippen molar-refractivity contribution in [3.05, 3.63) is 28.2 Å². The van der Waals surface area contributed by atoms with E-state index >= 15 is 0 Å². The Morgan fingerprint density at radius 3 is 2.56 bits per heavy atom. The molecule has 86 valence electrons. The number of nitrogens with zero attached hydrogens (tertiary/aromatic N) is 1. The molecule has 1 aromatic rings. The maximum Gasteiger partial charge on any atom is 0.193 e. The largest absolute Gasteiger partial charge is 0.370 e. The minimum absolute atomic E-state index is 0.363. The number of nitrogens with two attached hydrogens (primary N) is 1. The normalized spacial score (nSPS) is 16.2. The summed E-state index contributed by atoms with van der Waals surface area (Å²) in [5.41, 5.74) is 6.35. The maximum absolute atomic E-state index is 5.99. The number of halogens is 2. The Hall–Kier alpha value is -0.930. The molecule has 0 atom stereocenters. The van der Waals surface area contributed by atoms with Crippen LogP contribution in [0.3, 0.4) is 0 Å². The first-order valence-corrected chi connectivity index (χ1v) is 5.93. The fourth-order valence-electron chi connectivity index (χ4n) is 1.31. The lowest BCUT2D eigenvalue weighted by Gasteiger charge is -2.09. The van der Waals surface area contributed by atoms with Gasteiger partial charge in [-0.1, -0.05) is 29.3 Å². The van der Waals surface area contributed by atoms with Gasteiger partial charge in [0.05, 0.1) is 15.7 Å². The molecule has 0 radical (unpaired) electrons. The number of benzene rings is 1. The van der Waals surface area contributed by atoms with E-state index in [-0.39, 0.29) is 0 Å². The van der Waals surface area contributed by atoms with E-state index in [0.29, 0.717) is 27.6 Å². The average molecular weight is 258 g/mol. The van der Waals surface area contributed by atoms with Crippen LogP contribution in [-0.4, -0.2) is 12.5 Å². The van der Waals surface area contributed by atoms with E-state index in [0.717, 1.165) is 6.54 Å². The van der Waals surface area contributed by atoms with E-state index in [1.807, 2.05) is 0 Å². The molecule has 1 saturated carbocycles. The molecule has 0 heterocycles. The van der Waals surface area contributed by atoms with E-state index in [1.54, 1.807) is 18.2 Å². The van der Waals surface area contributed by atoms with E-state index in [2.05, 4.69) is 10.3 Å². The van der Waals surface area contributed by atoms with Gasteiger partial charge in [-0.3, -0.25) is 4.99 Å². The van der Waals surface area contributed by atoms with Crippen molar-refractivity contribution in [2.75, 3.05) is 11.9 Å². The monoisotopic (exact) mass is 257 g/mol. The van der Waals surface area contributed by atoms with Crippen molar-refractivity contribution in [1.29, 1.82) is 0 Å². The van der Waals surface area contributed by atoms with Crippen LogP contribution in [0.2, 0.25) is 10.0 Å². The summed E-state index contributed by atoms with van der Waals surface area (Å²) in [7, 11) is 0. The van der Waals surface area contributed by atoms with Crippen molar-refractivity contribution in [1.82, 2.24) is 0 Å². The highest BCUT2D eigenvalue weighted by molar-refractivity contribution is 6.39. The van der Waals surface area contributed by atoms with Gasteiger partial charge in [0.25, 0.3) is 0 Å². The Balaban J connectivity index is 2.04. The Morgan fingerprint density at radius 2 is 2.00 bits per heavy atom. The van der Waals surface area contributed by atoms with Crippen LogP contribution in [0.1, 0.15) is 12.8 Å². The van der Waals surface area contributed by atoms with Crippen LogP contribution in [0.5, 0.6) is 0 Å². The second kappa shape index (κ2) is 4.93. The summed E-state index contributed by atoms with van der Waals surface area (Å²) >= 11 is 12.0. The predicted octanol–water partition coefficient (Wildman–Crippen LogP) is 3.13. The Kier molecular flexibility index (Phi) is 3.56. The summed E-state index contributed by atoms with van der Waals surface area (Å²) in [5, 5.41) is 4.00. The number of hydrogen-bond donors (Lipinski definition) is 2. The van der Waals surface area contributed by atoms with Gasteiger partial charge in [-0.15, -0.1) is 0 Å². The van der Waals surface area contributed by atoms with Gasteiger partial charge in [-0.25, -0.2) is 0 Å². The van der Waals surface area contributed by atoms with Crippen molar-refractivity contribution >= 4 is 34.8 Å². The number of rotatable bonds is 3.